The SMILES string of the molecule is C=C(c1cc2ccc(C(C)O)cc2n1CC1CC1)N(CC1CN(C(=O)c2ccccc2)C1)c1c(C)cc(C(C)=O)cc1OC. The van der Waals surface area contributed by atoms with Crippen LogP contribution in [0.5, 0.6) is 5.75 Å². The van der Waals surface area contributed by atoms with Gasteiger partial charge in [0.15, 0.2) is 5.78 Å². The zero-order chi connectivity index (χ0) is 31.1. The van der Waals surface area contributed by atoms with Crippen molar-refractivity contribution in [3.8, 4) is 5.75 Å². The summed E-state index contributed by atoms with van der Waals surface area (Å²) in [5, 5.41) is 11.4. The number of hydrogen-bond acceptors (Lipinski definition) is 5. The zero-order valence-corrected chi connectivity index (χ0v) is 26.0. The summed E-state index contributed by atoms with van der Waals surface area (Å²) >= 11 is 0. The van der Waals surface area contributed by atoms with Gasteiger partial charge in [0.2, 0.25) is 0 Å². The molecule has 1 saturated carbocycles. The fourth-order valence-corrected chi connectivity index (χ4v) is 6.33. The molecular weight excluding hydrogens is 550 g/mol. The van der Waals surface area contributed by atoms with E-state index in [1.165, 1.54) is 12.8 Å². The number of benzene rings is 3. The van der Waals surface area contributed by atoms with Gasteiger partial charge in [-0.25, -0.2) is 0 Å². The molecule has 2 heterocycles. The second-order valence-electron chi connectivity index (χ2n) is 12.5. The number of aromatic nitrogens is 1. The van der Waals surface area contributed by atoms with Gasteiger partial charge in [-0.05, 0) is 87.1 Å². The Morgan fingerprint density at radius 1 is 1.02 bits per heavy atom. The Hall–Kier alpha value is -4.36. The number of amides is 1. The van der Waals surface area contributed by atoms with Gasteiger partial charge in [-0.3, -0.25) is 9.59 Å². The highest BCUT2D eigenvalue weighted by molar-refractivity contribution is 5.97. The van der Waals surface area contributed by atoms with E-state index in [1.54, 1.807) is 21.0 Å². The minimum atomic E-state index is -0.557. The standard InChI is InChI=1S/C37H41N3O4/c1-23-15-32(26(4)42)18-35(44-5)36(23)39(22-28-19-38(20-28)37(43)29-9-7-6-8-10-29)24(2)33-17-31-14-13-30(25(3)41)16-34(31)40(33)21-27-11-12-27/h6-10,13-18,25,27-28,41H,2,11-12,19-22H2,1,3-5H3. The summed E-state index contributed by atoms with van der Waals surface area (Å²) in [4.78, 5) is 29.5. The molecule has 1 aliphatic heterocycles. The second kappa shape index (κ2) is 12.0. The zero-order valence-electron chi connectivity index (χ0n) is 26.0. The Balaban J connectivity index is 1.39. The van der Waals surface area contributed by atoms with E-state index in [9.17, 15) is 14.7 Å². The van der Waals surface area contributed by atoms with Crippen LogP contribution in [0.25, 0.3) is 16.6 Å². The summed E-state index contributed by atoms with van der Waals surface area (Å²) in [5.74, 6) is 1.49. The molecule has 1 aliphatic carbocycles. The van der Waals surface area contributed by atoms with Gasteiger partial charge >= 0.3 is 0 Å². The number of aryl methyl sites for hydroxylation is 1. The third-order valence-corrected chi connectivity index (χ3v) is 9.04. The lowest BCUT2D eigenvalue weighted by Gasteiger charge is -2.43. The van der Waals surface area contributed by atoms with Crippen LogP contribution < -0.4 is 9.64 Å². The molecule has 44 heavy (non-hydrogen) atoms. The molecule has 3 aromatic carbocycles. The fourth-order valence-electron chi connectivity index (χ4n) is 6.33. The average molecular weight is 592 g/mol. The molecule has 2 fully saturated rings. The number of fused-ring (bicyclic) bond motifs is 1. The number of Topliss-reactive ketones (excluding diaryl/α,β-unsaturated/α-hetero) is 1. The number of likely N-dealkylation sites (tertiary alicyclic amines) is 1. The second-order valence-corrected chi connectivity index (χ2v) is 12.5. The predicted molar refractivity (Wildman–Crippen MR) is 175 cm³/mol. The van der Waals surface area contributed by atoms with Crippen molar-refractivity contribution in [2.75, 3.05) is 31.6 Å². The molecule has 1 amide bonds. The number of ether oxygens (including phenoxy) is 1. The van der Waals surface area contributed by atoms with Crippen LogP contribution in [0, 0.1) is 18.8 Å². The van der Waals surface area contributed by atoms with E-state index in [0.29, 0.717) is 42.4 Å². The number of aliphatic hydroxyl groups is 1. The van der Waals surface area contributed by atoms with E-state index in [1.807, 2.05) is 60.4 Å². The molecule has 4 aromatic rings. The smallest absolute Gasteiger partial charge is 0.253 e. The molecule has 1 atom stereocenters. The number of ketones is 1. The number of carbonyl (C=O) groups is 2. The lowest BCUT2D eigenvalue weighted by Crippen LogP contribution is -2.53. The van der Waals surface area contributed by atoms with E-state index in [4.69, 9.17) is 4.74 Å². The monoisotopic (exact) mass is 591 g/mol. The first-order chi connectivity index (χ1) is 21.1. The number of rotatable bonds is 11. The molecule has 0 bridgehead atoms. The summed E-state index contributed by atoms with van der Waals surface area (Å²) in [6.45, 7) is 12.9. The first-order valence-corrected chi connectivity index (χ1v) is 15.5. The Bertz CT molecular complexity index is 1730. The number of carbonyl (C=O) groups excluding carboxylic acids is 2. The van der Waals surface area contributed by atoms with Crippen molar-refractivity contribution in [1.82, 2.24) is 9.47 Å². The molecule has 1 N–H and O–H groups in total. The van der Waals surface area contributed by atoms with Gasteiger partial charge in [-0.15, -0.1) is 0 Å². The van der Waals surface area contributed by atoms with E-state index in [-0.39, 0.29) is 17.6 Å². The molecule has 7 heteroatoms. The number of hydrogen-bond donors (Lipinski definition) is 1. The topological polar surface area (TPSA) is 75.0 Å². The molecule has 1 unspecified atom stereocenters. The average Bonchev–Trinajstić information content (AvgIpc) is 3.75. The summed E-state index contributed by atoms with van der Waals surface area (Å²) in [5.41, 5.74) is 6.93. The maximum absolute atomic E-state index is 13.1. The predicted octanol–water partition coefficient (Wildman–Crippen LogP) is 6.87. The number of aliphatic hydroxyl groups excluding tert-OH is 1. The van der Waals surface area contributed by atoms with Crippen LogP contribution in [0.4, 0.5) is 5.69 Å². The van der Waals surface area contributed by atoms with Crippen LogP contribution in [0.3, 0.4) is 0 Å². The summed E-state index contributed by atoms with van der Waals surface area (Å²) in [7, 11) is 1.63. The van der Waals surface area contributed by atoms with Crippen LogP contribution in [-0.4, -0.2) is 53.0 Å². The van der Waals surface area contributed by atoms with Crippen molar-refractivity contribution >= 4 is 34.0 Å². The first kappa shape index (κ1) is 29.7. The van der Waals surface area contributed by atoms with E-state index >= 15 is 0 Å². The number of methoxy groups -OCH3 is 1. The summed E-state index contributed by atoms with van der Waals surface area (Å²) in [6.07, 6.45) is 1.86. The van der Waals surface area contributed by atoms with Gasteiger partial charge in [0, 0.05) is 54.1 Å². The molecule has 6 rings (SSSR count). The number of anilines is 1. The minimum Gasteiger partial charge on any atom is -0.495 e. The summed E-state index contributed by atoms with van der Waals surface area (Å²) < 4.78 is 8.26. The van der Waals surface area contributed by atoms with Gasteiger partial charge in [0.1, 0.15) is 5.75 Å². The van der Waals surface area contributed by atoms with Gasteiger partial charge in [-0.1, -0.05) is 36.9 Å². The Kier molecular flexibility index (Phi) is 8.08. The molecule has 0 radical (unpaired) electrons. The maximum atomic E-state index is 13.1. The fraction of sp³-hybridized carbons (Fsp3) is 0.351. The van der Waals surface area contributed by atoms with Crippen molar-refractivity contribution in [2.24, 2.45) is 11.8 Å². The molecule has 2 aliphatic rings. The molecule has 1 aromatic heterocycles. The van der Waals surface area contributed by atoms with Gasteiger partial charge in [0.05, 0.1) is 30.3 Å². The largest absolute Gasteiger partial charge is 0.495 e. The van der Waals surface area contributed by atoms with E-state index in [2.05, 4.69) is 34.2 Å². The molecule has 228 valence electrons. The normalized spacial score (nSPS) is 15.6. The Morgan fingerprint density at radius 3 is 2.39 bits per heavy atom. The Morgan fingerprint density at radius 2 is 1.75 bits per heavy atom. The quantitative estimate of drug-likeness (QED) is 0.193. The lowest BCUT2D eigenvalue weighted by molar-refractivity contribution is 0.0515. The van der Waals surface area contributed by atoms with Crippen LogP contribution in [0.2, 0.25) is 0 Å². The van der Waals surface area contributed by atoms with Crippen molar-refractivity contribution in [3.63, 3.8) is 0 Å². The third kappa shape index (κ3) is 5.76. The molecule has 1 saturated heterocycles. The molecular formula is C37H41N3O4. The van der Waals surface area contributed by atoms with Crippen molar-refractivity contribution < 1.29 is 19.4 Å². The minimum absolute atomic E-state index is 0.0177. The maximum Gasteiger partial charge on any atom is 0.253 e. The Labute approximate surface area is 259 Å². The first-order valence-electron chi connectivity index (χ1n) is 15.5. The van der Waals surface area contributed by atoms with E-state index in [0.717, 1.165) is 45.7 Å². The van der Waals surface area contributed by atoms with Crippen LogP contribution in [0.15, 0.2) is 73.3 Å². The third-order valence-electron chi connectivity index (χ3n) is 9.04. The van der Waals surface area contributed by atoms with Gasteiger partial charge in [0.25, 0.3) is 5.91 Å². The highest BCUT2D eigenvalue weighted by Gasteiger charge is 2.35. The van der Waals surface area contributed by atoms with Gasteiger partial charge < -0.3 is 24.2 Å². The van der Waals surface area contributed by atoms with Crippen molar-refractivity contribution in [2.45, 2.75) is 46.3 Å². The van der Waals surface area contributed by atoms with Gasteiger partial charge in [-0.2, -0.15) is 0 Å². The lowest BCUT2D eigenvalue weighted by atomic mass is 9.96. The molecule has 0 spiro atoms. The number of nitrogens with zero attached hydrogens (tertiary/aromatic N) is 3. The molecule has 7 nitrogen and oxygen atoms in total. The van der Waals surface area contributed by atoms with Crippen LogP contribution in [0.1, 0.15) is 70.3 Å². The summed E-state index contributed by atoms with van der Waals surface area (Å²) in [6, 6.07) is 21.5. The van der Waals surface area contributed by atoms with Crippen LogP contribution >= 0.6 is 0 Å². The highest BCUT2D eigenvalue weighted by Crippen LogP contribution is 2.41. The van der Waals surface area contributed by atoms with Crippen molar-refractivity contribution in [1.29, 1.82) is 0 Å². The highest BCUT2D eigenvalue weighted by atomic mass is 16.5. The van der Waals surface area contributed by atoms with E-state index < -0.39 is 6.10 Å². The van der Waals surface area contributed by atoms with Crippen molar-refractivity contribution in [3.05, 3.63) is 101 Å². The van der Waals surface area contributed by atoms with Crippen LogP contribution in [-0.2, 0) is 6.54 Å².